The fourth-order valence-electron chi connectivity index (χ4n) is 2.97. The van der Waals surface area contributed by atoms with Crippen LogP contribution in [-0.2, 0) is 0 Å². The van der Waals surface area contributed by atoms with E-state index in [0.717, 1.165) is 45.6 Å². The van der Waals surface area contributed by atoms with Crippen molar-refractivity contribution in [3.05, 3.63) is 57.2 Å². The molecule has 3 aromatic rings. The second-order valence-corrected chi connectivity index (χ2v) is 5.38. The van der Waals surface area contributed by atoms with Gasteiger partial charge in [0.1, 0.15) is 0 Å². The lowest BCUT2D eigenvalue weighted by molar-refractivity contribution is 0.979. The predicted molar refractivity (Wildman–Crippen MR) is 83.8 cm³/mol. The largest absolute Gasteiger partial charge is 0.355 e. The SMILES string of the molecule is Cc1ccncc1-n1ccc2[nH]c3c(c2c1=O)=CCCC=3. The molecule has 0 atom stereocenters. The molecule has 0 bridgehead atoms. The molecule has 1 aliphatic carbocycles. The Hall–Kier alpha value is -2.62. The molecule has 0 saturated carbocycles. The number of aromatic nitrogens is 3. The summed E-state index contributed by atoms with van der Waals surface area (Å²) in [6.07, 6.45) is 11.6. The van der Waals surface area contributed by atoms with E-state index < -0.39 is 0 Å². The van der Waals surface area contributed by atoms with E-state index >= 15 is 0 Å². The van der Waals surface area contributed by atoms with Gasteiger partial charge >= 0.3 is 0 Å². The van der Waals surface area contributed by atoms with Crippen molar-refractivity contribution in [1.82, 2.24) is 14.5 Å². The summed E-state index contributed by atoms with van der Waals surface area (Å²) >= 11 is 0. The summed E-state index contributed by atoms with van der Waals surface area (Å²) in [4.78, 5) is 20.4. The number of pyridine rings is 2. The van der Waals surface area contributed by atoms with Crippen LogP contribution in [-0.4, -0.2) is 14.5 Å². The van der Waals surface area contributed by atoms with Gasteiger partial charge in [-0.1, -0.05) is 12.2 Å². The minimum Gasteiger partial charge on any atom is -0.355 e. The Balaban J connectivity index is 2.13. The van der Waals surface area contributed by atoms with E-state index in [2.05, 4.69) is 22.1 Å². The van der Waals surface area contributed by atoms with Crippen LogP contribution in [0, 0.1) is 6.92 Å². The second-order valence-electron chi connectivity index (χ2n) is 5.38. The summed E-state index contributed by atoms with van der Waals surface area (Å²) in [5.41, 5.74) is 2.77. The molecule has 3 aromatic heterocycles. The van der Waals surface area contributed by atoms with E-state index in [-0.39, 0.29) is 5.56 Å². The normalized spacial score (nSPS) is 13.6. The zero-order valence-electron chi connectivity index (χ0n) is 11.8. The Morgan fingerprint density at radius 2 is 2.10 bits per heavy atom. The van der Waals surface area contributed by atoms with Crippen LogP contribution in [0.25, 0.3) is 28.7 Å². The Morgan fingerprint density at radius 3 is 2.95 bits per heavy atom. The first-order valence-corrected chi connectivity index (χ1v) is 7.10. The Morgan fingerprint density at radius 1 is 1.24 bits per heavy atom. The van der Waals surface area contributed by atoms with Crippen molar-refractivity contribution in [2.24, 2.45) is 0 Å². The molecule has 21 heavy (non-hydrogen) atoms. The quantitative estimate of drug-likeness (QED) is 0.730. The van der Waals surface area contributed by atoms with E-state index in [0.29, 0.717) is 0 Å². The molecule has 0 amide bonds. The average Bonchev–Trinajstić information content (AvgIpc) is 2.88. The first-order chi connectivity index (χ1) is 10.3. The maximum atomic E-state index is 12.9. The minimum atomic E-state index is 0.00708. The predicted octanol–water partition coefficient (Wildman–Crippen LogP) is 1.38. The molecule has 0 saturated heterocycles. The molecule has 4 heteroatoms. The first kappa shape index (κ1) is 12.1. The summed E-state index contributed by atoms with van der Waals surface area (Å²) < 4.78 is 1.68. The molecular formula is C17H15N3O. The van der Waals surface area contributed by atoms with Crippen LogP contribution in [0.3, 0.4) is 0 Å². The van der Waals surface area contributed by atoms with Crippen molar-refractivity contribution in [3.8, 4) is 5.69 Å². The molecule has 0 aromatic carbocycles. The third-order valence-electron chi connectivity index (χ3n) is 4.06. The summed E-state index contributed by atoms with van der Waals surface area (Å²) in [6, 6.07) is 3.88. The van der Waals surface area contributed by atoms with Crippen LogP contribution in [0.5, 0.6) is 0 Å². The van der Waals surface area contributed by atoms with Crippen molar-refractivity contribution < 1.29 is 0 Å². The maximum Gasteiger partial charge on any atom is 0.265 e. The Bertz CT molecular complexity index is 1020. The monoisotopic (exact) mass is 277 g/mol. The van der Waals surface area contributed by atoms with Gasteiger partial charge in [0.15, 0.2) is 0 Å². The smallest absolute Gasteiger partial charge is 0.265 e. The van der Waals surface area contributed by atoms with E-state index in [9.17, 15) is 4.79 Å². The lowest BCUT2D eigenvalue weighted by Crippen LogP contribution is -2.29. The highest BCUT2D eigenvalue weighted by Crippen LogP contribution is 2.11. The van der Waals surface area contributed by atoms with Gasteiger partial charge in [0.25, 0.3) is 5.56 Å². The minimum absolute atomic E-state index is 0.00708. The standard InChI is InChI=1S/C17H15N3O/c1-11-6-8-18-10-15(11)20-9-7-14-16(17(20)21)12-4-2-3-5-13(12)19-14/h4-10,19H,2-3H2,1H3. The van der Waals surface area contributed by atoms with Crippen LogP contribution in [0.15, 0.2) is 35.5 Å². The number of fused-ring (bicyclic) bond motifs is 3. The molecule has 1 aliphatic rings. The van der Waals surface area contributed by atoms with E-state index in [1.54, 1.807) is 17.0 Å². The Labute approximate surface area is 121 Å². The average molecular weight is 277 g/mol. The van der Waals surface area contributed by atoms with Crippen molar-refractivity contribution in [2.75, 3.05) is 0 Å². The fraction of sp³-hybridized carbons (Fsp3) is 0.176. The van der Waals surface area contributed by atoms with Gasteiger partial charge in [-0.05, 0) is 37.5 Å². The van der Waals surface area contributed by atoms with E-state index in [1.807, 2.05) is 25.3 Å². The third-order valence-corrected chi connectivity index (χ3v) is 4.06. The summed E-state index contributed by atoms with van der Waals surface area (Å²) in [5.74, 6) is 0. The molecular weight excluding hydrogens is 262 g/mol. The van der Waals surface area contributed by atoms with Crippen molar-refractivity contribution in [3.63, 3.8) is 0 Å². The maximum absolute atomic E-state index is 12.9. The van der Waals surface area contributed by atoms with Gasteiger partial charge in [-0.2, -0.15) is 0 Å². The van der Waals surface area contributed by atoms with Gasteiger partial charge in [0, 0.05) is 23.0 Å². The molecule has 0 radical (unpaired) electrons. The Kier molecular flexibility index (Phi) is 2.57. The number of aromatic amines is 1. The molecule has 3 heterocycles. The summed E-state index contributed by atoms with van der Waals surface area (Å²) in [5, 5.41) is 2.87. The number of nitrogens with zero attached hydrogens (tertiary/aromatic N) is 2. The number of rotatable bonds is 1. The van der Waals surface area contributed by atoms with Crippen LogP contribution < -0.4 is 16.1 Å². The van der Waals surface area contributed by atoms with Gasteiger partial charge in [0.05, 0.1) is 22.8 Å². The number of H-pyrrole nitrogens is 1. The zero-order valence-corrected chi connectivity index (χ0v) is 11.8. The molecule has 0 fully saturated rings. The van der Waals surface area contributed by atoms with Crippen molar-refractivity contribution >= 4 is 23.1 Å². The van der Waals surface area contributed by atoms with Crippen LogP contribution in [0.1, 0.15) is 18.4 Å². The van der Waals surface area contributed by atoms with Gasteiger partial charge in [-0.25, -0.2) is 0 Å². The molecule has 4 rings (SSSR count). The number of hydrogen-bond acceptors (Lipinski definition) is 2. The molecule has 0 aliphatic heterocycles. The number of aryl methyl sites for hydroxylation is 1. The molecule has 0 spiro atoms. The number of nitrogens with one attached hydrogen (secondary N) is 1. The lowest BCUT2D eigenvalue weighted by Gasteiger charge is -2.08. The fourth-order valence-corrected chi connectivity index (χ4v) is 2.97. The molecule has 1 N–H and O–H groups in total. The van der Waals surface area contributed by atoms with Crippen LogP contribution in [0.2, 0.25) is 0 Å². The van der Waals surface area contributed by atoms with Gasteiger partial charge in [-0.15, -0.1) is 0 Å². The molecule has 104 valence electrons. The van der Waals surface area contributed by atoms with Crippen LogP contribution in [0.4, 0.5) is 0 Å². The van der Waals surface area contributed by atoms with E-state index in [1.165, 1.54) is 0 Å². The van der Waals surface area contributed by atoms with Crippen molar-refractivity contribution in [1.29, 1.82) is 0 Å². The second kappa shape index (κ2) is 4.45. The van der Waals surface area contributed by atoms with Crippen molar-refractivity contribution in [2.45, 2.75) is 19.8 Å². The summed E-state index contributed by atoms with van der Waals surface area (Å²) in [7, 11) is 0. The molecule has 4 nitrogen and oxygen atoms in total. The first-order valence-electron chi connectivity index (χ1n) is 7.10. The van der Waals surface area contributed by atoms with E-state index in [4.69, 9.17) is 0 Å². The third kappa shape index (κ3) is 1.76. The van der Waals surface area contributed by atoms with Gasteiger partial charge in [0.2, 0.25) is 0 Å². The topological polar surface area (TPSA) is 50.7 Å². The van der Waals surface area contributed by atoms with Crippen LogP contribution >= 0.6 is 0 Å². The van der Waals surface area contributed by atoms with Gasteiger partial charge in [-0.3, -0.25) is 14.3 Å². The lowest BCUT2D eigenvalue weighted by atomic mass is 10.1. The summed E-state index contributed by atoms with van der Waals surface area (Å²) in [6.45, 7) is 1.99. The highest BCUT2D eigenvalue weighted by Gasteiger charge is 2.11. The zero-order chi connectivity index (χ0) is 14.4. The van der Waals surface area contributed by atoms with Gasteiger partial charge < -0.3 is 4.98 Å². The number of hydrogen-bond donors (Lipinski definition) is 1. The highest BCUT2D eigenvalue weighted by molar-refractivity contribution is 5.81. The molecule has 0 unspecified atom stereocenters. The highest BCUT2D eigenvalue weighted by atomic mass is 16.1.